The molecule has 0 fully saturated rings. The van der Waals surface area contributed by atoms with Gasteiger partial charge in [-0.05, 0) is 41.8 Å². The van der Waals surface area contributed by atoms with Gasteiger partial charge < -0.3 is 10.8 Å². The van der Waals surface area contributed by atoms with Crippen LogP contribution in [0.15, 0.2) is 47.4 Å². The molecule has 0 heterocycles. The van der Waals surface area contributed by atoms with Gasteiger partial charge in [-0.1, -0.05) is 24.3 Å². The molecule has 2 aromatic carbocycles. The van der Waals surface area contributed by atoms with Crippen LogP contribution in [0.1, 0.15) is 16.7 Å². The topological polar surface area (TPSA) is 92.4 Å². The minimum absolute atomic E-state index is 0.0787. The molecular formula is C15H18N2O3S. The average molecular weight is 306 g/mol. The zero-order valence-corrected chi connectivity index (χ0v) is 12.5. The van der Waals surface area contributed by atoms with Crippen molar-refractivity contribution in [3.05, 3.63) is 59.2 Å². The van der Waals surface area contributed by atoms with Crippen LogP contribution in [0.2, 0.25) is 0 Å². The molecule has 0 unspecified atom stereocenters. The Bertz CT molecular complexity index is 725. The van der Waals surface area contributed by atoms with Crippen molar-refractivity contribution in [2.75, 3.05) is 4.72 Å². The molecule has 0 spiro atoms. The Kier molecular flexibility index (Phi) is 4.62. The van der Waals surface area contributed by atoms with Gasteiger partial charge in [-0.2, -0.15) is 0 Å². The lowest BCUT2D eigenvalue weighted by atomic mass is 10.1. The van der Waals surface area contributed by atoms with Gasteiger partial charge in [0.25, 0.3) is 10.0 Å². The van der Waals surface area contributed by atoms with Crippen LogP contribution in [-0.4, -0.2) is 13.5 Å². The van der Waals surface area contributed by atoms with Gasteiger partial charge in [0, 0.05) is 12.2 Å². The third kappa shape index (κ3) is 3.60. The molecule has 0 aliphatic heterocycles. The van der Waals surface area contributed by atoms with Crippen molar-refractivity contribution in [2.24, 2.45) is 5.73 Å². The van der Waals surface area contributed by atoms with Crippen molar-refractivity contribution in [3.8, 4) is 0 Å². The third-order valence-electron chi connectivity index (χ3n) is 3.17. The minimum atomic E-state index is -3.66. The number of nitrogens with one attached hydrogen (secondary N) is 1. The van der Waals surface area contributed by atoms with E-state index >= 15 is 0 Å². The summed E-state index contributed by atoms with van der Waals surface area (Å²) in [5, 5.41) is 8.98. The zero-order chi connectivity index (χ0) is 15.5. The van der Waals surface area contributed by atoms with Crippen LogP contribution < -0.4 is 10.5 Å². The molecular weight excluding hydrogens is 288 g/mol. The lowest BCUT2D eigenvalue weighted by Crippen LogP contribution is -2.15. The standard InChI is InChI=1S/C15H18N2O3S/c1-11-2-3-13(9-16)8-15(11)21(19,20)17-14-6-4-12(10-18)5-7-14/h2-8,17-18H,9-10,16H2,1H3. The number of benzene rings is 2. The van der Waals surface area contributed by atoms with E-state index in [9.17, 15) is 8.42 Å². The van der Waals surface area contributed by atoms with E-state index in [-0.39, 0.29) is 18.0 Å². The lowest BCUT2D eigenvalue weighted by molar-refractivity contribution is 0.282. The molecule has 0 radical (unpaired) electrons. The monoisotopic (exact) mass is 306 g/mol. The van der Waals surface area contributed by atoms with E-state index in [0.29, 0.717) is 11.3 Å². The van der Waals surface area contributed by atoms with Crippen molar-refractivity contribution in [2.45, 2.75) is 25.0 Å². The fourth-order valence-corrected chi connectivity index (χ4v) is 3.30. The number of aliphatic hydroxyl groups excluding tert-OH is 1. The SMILES string of the molecule is Cc1ccc(CN)cc1S(=O)(=O)Nc1ccc(CO)cc1. The molecule has 4 N–H and O–H groups in total. The van der Waals surface area contributed by atoms with Crippen LogP contribution in [0.25, 0.3) is 0 Å². The fraction of sp³-hybridized carbons (Fsp3) is 0.200. The number of hydrogen-bond acceptors (Lipinski definition) is 4. The summed E-state index contributed by atoms with van der Waals surface area (Å²) >= 11 is 0. The molecule has 2 rings (SSSR count). The highest BCUT2D eigenvalue weighted by Gasteiger charge is 2.17. The van der Waals surface area contributed by atoms with E-state index < -0.39 is 10.0 Å². The fourth-order valence-electron chi connectivity index (χ4n) is 1.95. The largest absolute Gasteiger partial charge is 0.392 e. The normalized spacial score (nSPS) is 11.4. The van der Waals surface area contributed by atoms with Gasteiger partial charge in [-0.25, -0.2) is 8.42 Å². The molecule has 0 atom stereocenters. The van der Waals surface area contributed by atoms with Crippen molar-refractivity contribution in [3.63, 3.8) is 0 Å². The van der Waals surface area contributed by atoms with Crippen molar-refractivity contribution < 1.29 is 13.5 Å². The highest BCUT2D eigenvalue weighted by atomic mass is 32.2. The number of anilines is 1. The molecule has 0 aromatic heterocycles. The number of nitrogens with two attached hydrogens (primary N) is 1. The Morgan fingerprint density at radius 2 is 1.71 bits per heavy atom. The van der Waals surface area contributed by atoms with Crippen LogP contribution in [0.4, 0.5) is 5.69 Å². The summed E-state index contributed by atoms with van der Waals surface area (Å²) in [7, 11) is -3.66. The highest BCUT2D eigenvalue weighted by molar-refractivity contribution is 7.92. The van der Waals surface area contributed by atoms with E-state index in [2.05, 4.69) is 4.72 Å². The second-order valence-electron chi connectivity index (χ2n) is 4.76. The summed E-state index contributed by atoms with van der Waals surface area (Å²) in [6, 6.07) is 11.7. The van der Waals surface area contributed by atoms with E-state index in [4.69, 9.17) is 10.8 Å². The Morgan fingerprint density at radius 3 is 2.29 bits per heavy atom. The summed E-state index contributed by atoms with van der Waals surface area (Å²) < 4.78 is 27.4. The predicted molar refractivity (Wildman–Crippen MR) is 82.2 cm³/mol. The molecule has 0 aliphatic carbocycles. The van der Waals surface area contributed by atoms with Gasteiger partial charge in [0.2, 0.25) is 0 Å². The quantitative estimate of drug-likeness (QED) is 0.784. The molecule has 0 aliphatic rings. The highest BCUT2D eigenvalue weighted by Crippen LogP contribution is 2.21. The van der Waals surface area contributed by atoms with Crippen molar-refractivity contribution >= 4 is 15.7 Å². The maximum atomic E-state index is 12.4. The summed E-state index contributed by atoms with van der Waals surface area (Å²) in [4.78, 5) is 0.219. The Balaban J connectivity index is 2.33. The summed E-state index contributed by atoms with van der Waals surface area (Å²) in [5.41, 5.74) is 8.15. The molecule has 21 heavy (non-hydrogen) atoms. The second-order valence-corrected chi connectivity index (χ2v) is 6.42. The Hall–Kier alpha value is -1.89. The number of aryl methyl sites for hydroxylation is 1. The van der Waals surface area contributed by atoms with Crippen LogP contribution in [0.5, 0.6) is 0 Å². The average Bonchev–Trinajstić information content (AvgIpc) is 2.48. The zero-order valence-electron chi connectivity index (χ0n) is 11.7. The third-order valence-corrected chi connectivity index (χ3v) is 4.69. The van der Waals surface area contributed by atoms with Gasteiger partial charge in [0.15, 0.2) is 0 Å². The van der Waals surface area contributed by atoms with Crippen molar-refractivity contribution in [1.82, 2.24) is 0 Å². The van der Waals surface area contributed by atoms with Gasteiger partial charge >= 0.3 is 0 Å². The van der Waals surface area contributed by atoms with Crippen molar-refractivity contribution in [1.29, 1.82) is 0 Å². The number of sulfonamides is 1. The van der Waals surface area contributed by atoms with E-state index in [0.717, 1.165) is 11.1 Å². The van der Waals surface area contributed by atoms with Gasteiger partial charge in [-0.15, -0.1) is 0 Å². The Morgan fingerprint density at radius 1 is 1.10 bits per heavy atom. The summed E-state index contributed by atoms with van der Waals surface area (Å²) in [6.45, 7) is 1.95. The molecule has 2 aromatic rings. The van der Waals surface area contributed by atoms with Crippen LogP contribution in [0.3, 0.4) is 0 Å². The van der Waals surface area contributed by atoms with E-state index in [1.54, 1.807) is 43.3 Å². The predicted octanol–water partition coefficient (Wildman–Crippen LogP) is 1.75. The maximum Gasteiger partial charge on any atom is 0.262 e. The van der Waals surface area contributed by atoms with Crippen LogP contribution in [-0.2, 0) is 23.2 Å². The summed E-state index contributed by atoms with van der Waals surface area (Å²) in [6.07, 6.45) is 0. The molecule has 112 valence electrons. The number of hydrogen-bond donors (Lipinski definition) is 3. The van der Waals surface area contributed by atoms with Crippen LogP contribution in [0, 0.1) is 6.92 Å². The second kappa shape index (κ2) is 6.26. The lowest BCUT2D eigenvalue weighted by Gasteiger charge is -2.12. The van der Waals surface area contributed by atoms with E-state index in [1.165, 1.54) is 0 Å². The molecule has 6 heteroatoms. The molecule has 0 bridgehead atoms. The number of aliphatic hydroxyl groups is 1. The molecule has 0 amide bonds. The maximum absolute atomic E-state index is 12.4. The molecule has 0 saturated heterocycles. The smallest absolute Gasteiger partial charge is 0.262 e. The molecule has 5 nitrogen and oxygen atoms in total. The number of rotatable bonds is 5. The van der Waals surface area contributed by atoms with Crippen LogP contribution >= 0.6 is 0 Å². The first-order valence-corrected chi connectivity index (χ1v) is 7.97. The summed E-state index contributed by atoms with van der Waals surface area (Å²) in [5.74, 6) is 0. The molecule has 0 saturated carbocycles. The van der Waals surface area contributed by atoms with Gasteiger partial charge in [0.05, 0.1) is 11.5 Å². The first-order chi connectivity index (χ1) is 9.96. The van der Waals surface area contributed by atoms with E-state index in [1.807, 2.05) is 6.07 Å². The first kappa shape index (κ1) is 15.5. The van der Waals surface area contributed by atoms with Gasteiger partial charge in [-0.3, -0.25) is 4.72 Å². The first-order valence-electron chi connectivity index (χ1n) is 6.48. The van der Waals surface area contributed by atoms with Gasteiger partial charge in [0.1, 0.15) is 0 Å². The Labute approximate surface area is 124 Å². The minimum Gasteiger partial charge on any atom is -0.392 e.